The lowest BCUT2D eigenvalue weighted by molar-refractivity contribution is 0.420. The molecule has 0 heterocycles. The Morgan fingerprint density at radius 3 is 2.00 bits per heavy atom. The molecule has 0 aromatic rings. The van der Waals surface area contributed by atoms with Crippen molar-refractivity contribution in [3.05, 3.63) is 0 Å². The molecule has 9 heavy (non-hydrogen) atoms. The first-order valence-electron chi connectivity index (χ1n) is 3.15. The van der Waals surface area contributed by atoms with Gasteiger partial charge in [-0.05, 0) is 27.7 Å². The van der Waals surface area contributed by atoms with Crippen LogP contribution in [-0.4, -0.2) is 17.9 Å². The highest BCUT2D eigenvalue weighted by atomic mass is 16.1. The average molecular weight is 128 g/mol. The smallest absolute Gasteiger partial charge is 0.219 e. The van der Waals surface area contributed by atoms with E-state index in [1.807, 2.05) is 20.1 Å². The summed E-state index contributed by atoms with van der Waals surface area (Å²) in [5, 5.41) is 3.05. The predicted molar refractivity (Wildman–Crippen MR) is 38.0 cm³/mol. The predicted octanol–water partition coefficient (Wildman–Crippen LogP) is 0.873. The monoisotopic (exact) mass is 128 g/mol. The van der Waals surface area contributed by atoms with Gasteiger partial charge in [-0.3, -0.25) is 4.79 Å². The van der Waals surface area contributed by atoms with Crippen molar-refractivity contribution in [2.75, 3.05) is 0 Å². The average Bonchev–Trinajstić information content (AvgIpc) is 1.63. The Balaban J connectivity index is 3.71. The van der Waals surface area contributed by atoms with Crippen LogP contribution in [-0.2, 0) is 4.79 Å². The van der Waals surface area contributed by atoms with Crippen LogP contribution >= 0.6 is 0 Å². The lowest BCUT2D eigenvalue weighted by Gasteiger charge is -2.20. The lowest BCUT2D eigenvalue weighted by atomic mass is 10.1. The van der Waals surface area contributed by atoms with Crippen LogP contribution in [0.2, 0.25) is 0 Å². The molecule has 0 aliphatic carbocycles. The Morgan fingerprint density at radius 1 is 1.44 bits per heavy atom. The number of hydrogen-bond donors (Lipinski definition) is 1. The van der Waals surface area contributed by atoms with E-state index in [0.717, 1.165) is 0 Å². The zero-order chi connectivity index (χ0) is 7.49. The van der Waals surface area contributed by atoms with E-state index >= 15 is 0 Å². The highest BCUT2D eigenvalue weighted by molar-refractivity contribution is 5.63. The van der Waals surface area contributed by atoms with Gasteiger partial charge >= 0.3 is 0 Å². The second-order valence-corrected chi connectivity index (χ2v) is 3.03. The van der Waals surface area contributed by atoms with E-state index in [1.165, 1.54) is 0 Å². The topological polar surface area (TPSA) is 29.1 Å². The zero-order valence-corrected chi connectivity index (χ0v) is 6.49. The second kappa shape index (κ2) is 2.97. The van der Waals surface area contributed by atoms with Crippen molar-refractivity contribution in [1.29, 1.82) is 0 Å². The highest BCUT2D eigenvalue weighted by Crippen LogP contribution is 1.97. The van der Waals surface area contributed by atoms with E-state index in [9.17, 15) is 4.79 Å². The summed E-state index contributed by atoms with van der Waals surface area (Å²) in [6.07, 6.45) is 1.91. The number of nitrogens with one attached hydrogen (secondary N) is 1. The maximum absolute atomic E-state index is 10.2. The number of carbonyl (C=O) groups excluding carboxylic acids is 1. The summed E-state index contributed by atoms with van der Waals surface area (Å²) in [6, 6.07) is 0.335. The Labute approximate surface area is 56.6 Å². The molecule has 0 amide bonds. The normalized spacial score (nSPS) is 12.1. The van der Waals surface area contributed by atoms with Gasteiger partial charge in [-0.1, -0.05) is 0 Å². The molecule has 0 fully saturated rings. The first-order valence-corrected chi connectivity index (χ1v) is 3.15. The molecule has 1 radical (unpaired) electrons. The van der Waals surface area contributed by atoms with Gasteiger partial charge in [-0.25, -0.2) is 0 Å². The molecule has 0 atom stereocenters. The third-order valence-electron chi connectivity index (χ3n) is 0.905. The van der Waals surface area contributed by atoms with E-state index in [2.05, 4.69) is 5.32 Å². The van der Waals surface area contributed by atoms with E-state index in [4.69, 9.17) is 0 Å². The van der Waals surface area contributed by atoms with Crippen molar-refractivity contribution in [3.8, 4) is 0 Å². The molecule has 1 N–H and O–H groups in total. The lowest BCUT2D eigenvalue weighted by Crippen LogP contribution is -2.44. The van der Waals surface area contributed by atoms with Crippen LogP contribution in [0, 0.1) is 0 Å². The van der Waals surface area contributed by atoms with Crippen LogP contribution in [0.1, 0.15) is 27.7 Å². The second-order valence-electron chi connectivity index (χ2n) is 3.03. The zero-order valence-electron chi connectivity index (χ0n) is 6.49. The summed E-state index contributed by atoms with van der Waals surface area (Å²) in [7, 11) is 0. The van der Waals surface area contributed by atoms with Gasteiger partial charge in [-0.15, -0.1) is 0 Å². The van der Waals surface area contributed by atoms with Crippen LogP contribution in [0.25, 0.3) is 0 Å². The molecule has 2 heteroatoms. The molecule has 0 unspecified atom stereocenters. The first kappa shape index (κ1) is 8.63. The van der Waals surface area contributed by atoms with Gasteiger partial charge in [-0.2, -0.15) is 0 Å². The SMILES string of the molecule is CC(C)NC(C)(C)[C]=O. The Bertz CT molecular complexity index is 97.1. The van der Waals surface area contributed by atoms with E-state index in [1.54, 1.807) is 13.8 Å². The van der Waals surface area contributed by atoms with Gasteiger partial charge in [0.25, 0.3) is 0 Å². The minimum Gasteiger partial charge on any atom is -0.303 e. The largest absolute Gasteiger partial charge is 0.303 e. The molecule has 0 aliphatic heterocycles. The molecule has 0 saturated heterocycles. The van der Waals surface area contributed by atoms with Gasteiger partial charge < -0.3 is 5.32 Å². The molecular formula is C7H14NO. The Morgan fingerprint density at radius 2 is 1.89 bits per heavy atom. The minimum atomic E-state index is -0.492. The summed E-state index contributed by atoms with van der Waals surface area (Å²) in [5.74, 6) is 0. The summed E-state index contributed by atoms with van der Waals surface area (Å²) in [5.41, 5.74) is -0.492. The highest BCUT2D eigenvalue weighted by Gasteiger charge is 2.17. The fraction of sp³-hybridized carbons (Fsp3) is 0.857. The molecule has 0 saturated carbocycles. The molecule has 0 aromatic carbocycles. The fourth-order valence-corrected chi connectivity index (χ4v) is 0.751. The maximum atomic E-state index is 10.2. The molecule has 0 spiro atoms. The molecule has 53 valence electrons. The van der Waals surface area contributed by atoms with Crippen molar-refractivity contribution in [2.24, 2.45) is 0 Å². The first-order chi connectivity index (χ1) is 3.98. The van der Waals surface area contributed by atoms with Gasteiger partial charge in [0.1, 0.15) is 0 Å². The molecule has 0 aliphatic rings. The van der Waals surface area contributed by atoms with Crippen molar-refractivity contribution in [2.45, 2.75) is 39.3 Å². The number of hydrogen-bond acceptors (Lipinski definition) is 2. The number of rotatable bonds is 3. The summed E-state index contributed by atoms with van der Waals surface area (Å²) in [4.78, 5) is 10.2. The molecule has 0 rings (SSSR count). The molecule has 0 bridgehead atoms. The van der Waals surface area contributed by atoms with Gasteiger partial charge in [0.05, 0.1) is 5.54 Å². The van der Waals surface area contributed by atoms with Gasteiger partial charge in [0, 0.05) is 6.04 Å². The minimum absolute atomic E-state index is 0.335. The van der Waals surface area contributed by atoms with Crippen LogP contribution in [0.15, 0.2) is 0 Å². The Hall–Kier alpha value is -0.370. The Kier molecular flexibility index (Phi) is 2.85. The molecular weight excluding hydrogens is 114 g/mol. The van der Waals surface area contributed by atoms with Gasteiger partial charge in [0.15, 0.2) is 0 Å². The van der Waals surface area contributed by atoms with Crippen LogP contribution in [0.3, 0.4) is 0 Å². The van der Waals surface area contributed by atoms with Crippen LogP contribution in [0.4, 0.5) is 0 Å². The van der Waals surface area contributed by atoms with E-state index in [0.29, 0.717) is 6.04 Å². The van der Waals surface area contributed by atoms with E-state index in [-0.39, 0.29) is 0 Å². The van der Waals surface area contributed by atoms with Crippen LogP contribution < -0.4 is 5.32 Å². The van der Waals surface area contributed by atoms with Crippen molar-refractivity contribution in [1.82, 2.24) is 5.32 Å². The van der Waals surface area contributed by atoms with E-state index < -0.39 is 5.54 Å². The third-order valence-corrected chi connectivity index (χ3v) is 0.905. The van der Waals surface area contributed by atoms with Crippen molar-refractivity contribution >= 4 is 6.29 Å². The molecule has 2 nitrogen and oxygen atoms in total. The summed E-state index contributed by atoms with van der Waals surface area (Å²) in [6.45, 7) is 7.61. The van der Waals surface area contributed by atoms with Gasteiger partial charge in [0.2, 0.25) is 6.29 Å². The summed E-state index contributed by atoms with van der Waals surface area (Å²) < 4.78 is 0. The fourth-order valence-electron chi connectivity index (χ4n) is 0.751. The quantitative estimate of drug-likeness (QED) is 0.611. The standard InChI is InChI=1S/C7H14NO/c1-6(2)8-7(3,4)5-9/h6,8H,1-4H3. The van der Waals surface area contributed by atoms with Crippen molar-refractivity contribution in [3.63, 3.8) is 0 Å². The van der Waals surface area contributed by atoms with Crippen molar-refractivity contribution < 1.29 is 4.79 Å². The maximum Gasteiger partial charge on any atom is 0.219 e. The molecule has 0 aromatic heterocycles. The third kappa shape index (κ3) is 4.15. The van der Waals surface area contributed by atoms with Crippen LogP contribution in [0.5, 0.6) is 0 Å². The summed E-state index contributed by atoms with van der Waals surface area (Å²) >= 11 is 0.